The molecular weight excluding hydrogens is 1300 g/mol. The number of unbranched alkanes of at least 4 members (excludes halogenated alkanes) is 3. The van der Waals surface area contributed by atoms with Crippen LogP contribution in [0.5, 0.6) is 0 Å². The lowest BCUT2D eigenvalue weighted by Gasteiger charge is -2.42. The summed E-state index contributed by atoms with van der Waals surface area (Å²) in [5, 5.41) is 115. The Hall–Kier alpha value is -5.49. The number of amides is 9. The number of ether oxygens (including phenoxy) is 9. The predicted octanol–water partition coefficient (Wildman–Crippen LogP) is -6.53. The Labute approximate surface area is 571 Å². The molecule has 3 fully saturated rings. The third-order valence-electron chi connectivity index (χ3n) is 15.8. The number of hydrogen-bond donors (Lipinski definition) is 18. The third-order valence-corrected chi connectivity index (χ3v) is 15.8. The van der Waals surface area contributed by atoms with Crippen molar-refractivity contribution in [3.63, 3.8) is 0 Å². The van der Waals surface area contributed by atoms with Gasteiger partial charge in [-0.05, 0) is 57.8 Å². The van der Waals surface area contributed by atoms with Crippen molar-refractivity contribution >= 4 is 53.2 Å². The molecule has 15 atom stereocenters. The molecule has 36 heteroatoms. The summed E-state index contributed by atoms with van der Waals surface area (Å²) in [4.78, 5) is 110. The quantitative estimate of drug-likeness (QED) is 0.0252. The van der Waals surface area contributed by atoms with Gasteiger partial charge in [0.2, 0.25) is 53.2 Å². The van der Waals surface area contributed by atoms with E-state index >= 15 is 0 Å². The molecule has 0 spiro atoms. The van der Waals surface area contributed by atoms with E-state index in [-0.39, 0.29) is 153 Å². The lowest BCUT2D eigenvalue weighted by molar-refractivity contribution is -0.270. The first-order valence-corrected chi connectivity index (χ1v) is 33.7. The maximum absolute atomic E-state index is 12.7. The van der Waals surface area contributed by atoms with Crippen LogP contribution in [0.15, 0.2) is 0 Å². The molecule has 0 aromatic rings. The zero-order valence-corrected chi connectivity index (χ0v) is 56.9. The second kappa shape index (κ2) is 49.1. The van der Waals surface area contributed by atoms with Crippen molar-refractivity contribution in [3.8, 4) is 0 Å². The summed E-state index contributed by atoms with van der Waals surface area (Å²) in [6.45, 7) is 6.21. The molecule has 566 valence electrons. The number of carbonyl (C=O) groups excluding carboxylic acids is 9. The first-order chi connectivity index (χ1) is 46.8. The van der Waals surface area contributed by atoms with Gasteiger partial charge >= 0.3 is 0 Å². The number of aliphatic hydroxyl groups excluding tert-OH is 9. The van der Waals surface area contributed by atoms with Crippen molar-refractivity contribution in [1.29, 1.82) is 0 Å². The molecule has 0 aromatic carbocycles. The van der Waals surface area contributed by atoms with E-state index < -0.39 is 135 Å². The van der Waals surface area contributed by atoms with Gasteiger partial charge in [-0.2, -0.15) is 0 Å². The molecular formula is C62H111N9O27. The van der Waals surface area contributed by atoms with Crippen molar-refractivity contribution in [3.05, 3.63) is 0 Å². The van der Waals surface area contributed by atoms with Crippen molar-refractivity contribution in [1.82, 2.24) is 47.9 Å². The largest absolute Gasteiger partial charge is 0.394 e. The molecule has 3 heterocycles. The van der Waals surface area contributed by atoms with Crippen LogP contribution >= 0.6 is 0 Å². The Morgan fingerprint density at radius 3 is 0.796 bits per heavy atom. The lowest BCUT2D eigenvalue weighted by Crippen LogP contribution is -2.64. The minimum Gasteiger partial charge on any atom is -0.394 e. The summed E-state index contributed by atoms with van der Waals surface area (Å²) in [5.41, 5.74) is -0.791. The standard InChI is InChI=1S/C62H111N9O27/c1-38(75)69-50-56(87)53(84)41(32-72)96-59(50)93-26-8-5-14-44(78)63-20-11-23-66-47(81)17-29-90-35-62(4,36-91-30-18-48(82)67-24-12-21-64-45(79)15-6-9-27-94-60-51(70-39(2)76)57(88)54(85)42(33-73)97-60)37-92-31-19-49(83)68-25-13-22-65-46(80)16-7-10-28-95-61-52(71-40(3)77)58(89)55(86)43(34-74)98-61/h41-43,50-61,72-74,84-89H,5-37H2,1-4H3,(H,63,78)(H,64,79)(H,65,80)(H,66,81)(H,67,82)(H,68,83)(H,69,75)(H,70,76)(H,71,77). The zero-order chi connectivity index (χ0) is 72.4. The molecule has 0 aliphatic carbocycles. The summed E-state index contributed by atoms with van der Waals surface area (Å²) < 4.78 is 51.4. The van der Waals surface area contributed by atoms with Crippen LogP contribution < -0.4 is 47.9 Å². The molecule has 98 heavy (non-hydrogen) atoms. The Morgan fingerprint density at radius 1 is 0.337 bits per heavy atom. The van der Waals surface area contributed by atoms with Gasteiger partial charge in [0.1, 0.15) is 73.1 Å². The number of hydrogen-bond acceptors (Lipinski definition) is 27. The molecule has 9 amide bonds. The van der Waals surface area contributed by atoms with Crippen molar-refractivity contribution < 1.29 is 132 Å². The second-order valence-corrected chi connectivity index (χ2v) is 24.7. The smallest absolute Gasteiger partial charge is 0.222 e. The maximum Gasteiger partial charge on any atom is 0.222 e. The van der Waals surface area contributed by atoms with Gasteiger partial charge in [0.15, 0.2) is 18.9 Å². The monoisotopic (exact) mass is 1410 g/mol. The van der Waals surface area contributed by atoms with E-state index in [1.807, 2.05) is 6.92 Å². The molecule has 36 nitrogen and oxygen atoms in total. The Morgan fingerprint density at radius 2 is 0.571 bits per heavy atom. The van der Waals surface area contributed by atoms with E-state index in [1.165, 1.54) is 20.8 Å². The molecule has 18 N–H and O–H groups in total. The molecule has 3 aliphatic rings. The summed E-state index contributed by atoms with van der Waals surface area (Å²) in [6.07, 6.45) is -10.8. The molecule has 3 rings (SSSR count). The van der Waals surface area contributed by atoms with E-state index in [1.54, 1.807) is 0 Å². The molecule has 0 aromatic heterocycles. The average molecular weight is 1410 g/mol. The highest BCUT2D eigenvalue weighted by atomic mass is 16.7. The number of nitrogens with one attached hydrogen (secondary N) is 9. The van der Waals surface area contributed by atoms with E-state index in [0.29, 0.717) is 77.4 Å². The van der Waals surface area contributed by atoms with Crippen molar-refractivity contribution in [2.24, 2.45) is 5.41 Å². The molecule has 3 saturated heterocycles. The summed E-state index contributed by atoms with van der Waals surface area (Å²) in [6, 6.07) is -3.21. The molecule has 15 unspecified atom stereocenters. The van der Waals surface area contributed by atoms with Gasteiger partial charge in [0, 0.05) is 124 Å². The lowest BCUT2D eigenvalue weighted by atomic mass is 9.94. The van der Waals surface area contributed by atoms with Crippen molar-refractivity contribution in [2.45, 2.75) is 216 Å². The van der Waals surface area contributed by atoms with Crippen molar-refractivity contribution in [2.75, 3.05) is 119 Å². The van der Waals surface area contributed by atoms with Gasteiger partial charge in [-0.25, -0.2) is 0 Å². The Bertz CT molecular complexity index is 2110. The molecule has 0 bridgehead atoms. The predicted molar refractivity (Wildman–Crippen MR) is 342 cm³/mol. The molecule has 0 saturated carbocycles. The third kappa shape index (κ3) is 34.7. The maximum atomic E-state index is 12.7. The molecule has 0 radical (unpaired) electrons. The zero-order valence-electron chi connectivity index (χ0n) is 56.9. The van der Waals surface area contributed by atoms with Crippen LogP contribution in [0.3, 0.4) is 0 Å². The fourth-order valence-electron chi connectivity index (χ4n) is 10.3. The van der Waals surface area contributed by atoms with Crippen LogP contribution in [0.25, 0.3) is 0 Å². The van der Waals surface area contributed by atoms with E-state index in [9.17, 15) is 89.1 Å². The van der Waals surface area contributed by atoms with Crippen LogP contribution in [0, 0.1) is 5.41 Å². The van der Waals surface area contributed by atoms with Crippen LogP contribution in [0.4, 0.5) is 0 Å². The number of rotatable bonds is 51. The van der Waals surface area contributed by atoms with Gasteiger partial charge in [0.05, 0.1) is 59.5 Å². The summed E-state index contributed by atoms with van der Waals surface area (Å²) in [5.74, 6) is -2.95. The number of carbonyl (C=O) groups is 9. The van der Waals surface area contributed by atoms with Gasteiger partial charge in [-0.3, -0.25) is 43.2 Å². The van der Waals surface area contributed by atoms with E-state index in [0.717, 1.165) is 0 Å². The highest BCUT2D eigenvalue weighted by Gasteiger charge is 2.48. The van der Waals surface area contributed by atoms with Gasteiger partial charge < -0.3 is 136 Å². The minimum absolute atomic E-state index is 0.0184. The van der Waals surface area contributed by atoms with Gasteiger partial charge in [0.25, 0.3) is 0 Å². The fourth-order valence-corrected chi connectivity index (χ4v) is 10.3. The highest BCUT2D eigenvalue weighted by Crippen LogP contribution is 2.26. The van der Waals surface area contributed by atoms with Gasteiger partial charge in [-0.15, -0.1) is 0 Å². The van der Waals surface area contributed by atoms with E-state index in [4.69, 9.17) is 42.6 Å². The first-order valence-electron chi connectivity index (χ1n) is 33.7. The van der Waals surface area contributed by atoms with Crippen LogP contribution in [0.2, 0.25) is 0 Å². The average Bonchev–Trinajstić information content (AvgIpc) is 0.825. The van der Waals surface area contributed by atoms with Crippen LogP contribution in [0.1, 0.15) is 124 Å². The minimum atomic E-state index is -1.44. The highest BCUT2D eigenvalue weighted by molar-refractivity contribution is 5.78. The Kier molecular flexibility index (Phi) is 43.5. The van der Waals surface area contributed by atoms with Crippen LogP contribution in [-0.4, -0.2) is 310 Å². The van der Waals surface area contributed by atoms with Crippen LogP contribution in [-0.2, 0) is 85.8 Å². The van der Waals surface area contributed by atoms with E-state index in [2.05, 4.69) is 47.9 Å². The SMILES string of the molecule is CC(=O)NC1C(OCCCCC(=O)NCCCNC(=O)CCOCC(C)(COCCC(=O)NCCCNC(=O)CCCCOC2OC(CO)C(O)C(O)C2NC(C)=O)COCCC(=O)NCCCNC(=O)CCCCOC2OC(CO)C(O)C(O)C2NC(C)=O)OC(CO)C(O)C1O. The number of aliphatic hydroxyl groups is 9. The second-order valence-electron chi connectivity index (χ2n) is 24.7. The summed E-state index contributed by atoms with van der Waals surface area (Å²) >= 11 is 0. The fraction of sp³-hybridized carbons (Fsp3) is 0.855. The summed E-state index contributed by atoms with van der Waals surface area (Å²) in [7, 11) is 0. The Balaban J connectivity index is 1.34. The first kappa shape index (κ1) is 86.7. The normalized spacial score (nSPS) is 26.0. The van der Waals surface area contributed by atoms with Gasteiger partial charge in [-0.1, -0.05) is 6.92 Å². The molecule has 3 aliphatic heterocycles. The topological polar surface area (TPSA) is 527 Å².